The summed E-state index contributed by atoms with van der Waals surface area (Å²) in [6, 6.07) is 15.9. The number of aryl methyl sites for hydroxylation is 2. The van der Waals surface area contributed by atoms with E-state index in [1.165, 1.54) is 5.56 Å². The van der Waals surface area contributed by atoms with Crippen molar-refractivity contribution in [3.63, 3.8) is 0 Å². The Labute approximate surface area is 170 Å². The van der Waals surface area contributed by atoms with Crippen LogP contribution in [0.5, 0.6) is 0 Å². The van der Waals surface area contributed by atoms with E-state index in [1.807, 2.05) is 55.1 Å². The molecule has 1 N–H and O–H groups in total. The number of aromatic nitrogens is 3. The number of hydrogen-bond donors (Lipinski definition) is 1. The normalized spacial score (nSPS) is 14.9. The summed E-state index contributed by atoms with van der Waals surface area (Å²) in [6.07, 6.45) is 1.60. The van der Waals surface area contributed by atoms with Crippen LogP contribution in [-0.2, 0) is 6.54 Å². The van der Waals surface area contributed by atoms with Crippen LogP contribution in [-0.4, -0.2) is 38.7 Å². The van der Waals surface area contributed by atoms with Crippen LogP contribution in [0.15, 0.2) is 53.3 Å². The molecule has 6 nitrogen and oxygen atoms in total. The summed E-state index contributed by atoms with van der Waals surface area (Å²) < 4.78 is 1.73. The maximum Gasteiger partial charge on any atom is 0.343 e. The summed E-state index contributed by atoms with van der Waals surface area (Å²) in [5.74, 6) is 1.03. The Morgan fingerprint density at radius 1 is 1.00 bits per heavy atom. The standard InChI is InChI=1S/C23H26N4O2/c1-16-3-7-18(8-4-16)15-27-21(24-25-23(27)29)19-11-13-26(14-12-19)22(28)20-9-5-17(2)6-10-20/h3-10,19H,11-15H2,1-2H3,(H,25,29). The molecule has 6 heteroatoms. The molecule has 1 fully saturated rings. The van der Waals surface area contributed by atoms with Crippen molar-refractivity contribution in [3.05, 3.63) is 87.1 Å². The highest BCUT2D eigenvalue weighted by Gasteiger charge is 2.28. The summed E-state index contributed by atoms with van der Waals surface area (Å²) in [5.41, 5.74) is 3.96. The number of carbonyl (C=O) groups excluding carboxylic acids is 1. The van der Waals surface area contributed by atoms with Crippen LogP contribution in [0.2, 0.25) is 0 Å². The van der Waals surface area contributed by atoms with E-state index in [1.54, 1.807) is 4.57 Å². The van der Waals surface area contributed by atoms with E-state index in [4.69, 9.17) is 0 Å². The SMILES string of the molecule is Cc1ccc(Cn2c(C3CCN(C(=O)c4ccc(C)cc4)CC3)n[nH]c2=O)cc1. The highest BCUT2D eigenvalue weighted by molar-refractivity contribution is 5.94. The minimum atomic E-state index is -0.182. The first-order chi connectivity index (χ1) is 14.0. The Bertz CT molecular complexity index is 1040. The zero-order chi connectivity index (χ0) is 20.4. The van der Waals surface area contributed by atoms with Crippen LogP contribution in [0, 0.1) is 13.8 Å². The number of benzene rings is 2. The second-order valence-corrected chi connectivity index (χ2v) is 7.89. The van der Waals surface area contributed by atoms with Gasteiger partial charge in [0.25, 0.3) is 5.91 Å². The molecule has 0 atom stereocenters. The van der Waals surface area contributed by atoms with Crippen molar-refractivity contribution in [1.29, 1.82) is 0 Å². The number of rotatable bonds is 4. The lowest BCUT2D eigenvalue weighted by atomic mass is 9.95. The predicted molar refractivity (Wildman–Crippen MR) is 112 cm³/mol. The van der Waals surface area contributed by atoms with Crippen LogP contribution in [0.1, 0.15) is 51.6 Å². The lowest BCUT2D eigenvalue weighted by Crippen LogP contribution is -2.38. The average molecular weight is 390 g/mol. The lowest BCUT2D eigenvalue weighted by Gasteiger charge is -2.31. The predicted octanol–water partition coefficient (Wildman–Crippen LogP) is 3.26. The van der Waals surface area contributed by atoms with Crippen molar-refractivity contribution >= 4 is 5.91 Å². The van der Waals surface area contributed by atoms with Crippen molar-refractivity contribution in [2.45, 2.75) is 39.2 Å². The van der Waals surface area contributed by atoms with E-state index in [0.717, 1.165) is 35.4 Å². The van der Waals surface area contributed by atoms with Crippen LogP contribution in [0.4, 0.5) is 0 Å². The first kappa shape index (κ1) is 19.2. The van der Waals surface area contributed by atoms with E-state index < -0.39 is 0 Å². The molecule has 3 aromatic rings. The van der Waals surface area contributed by atoms with Crippen molar-refractivity contribution < 1.29 is 4.79 Å². The molecule has 150 valence electrons. The largest absolute Gasteiger partial charge is 0.343 e. The topological polar surface area (TPSA) is 71.0 Å². The van der Waals surface area contributed by atoms with Crippen molar-refractivity contribution in [1.82, 2.24) is 19.7 Å². The van der Waals surface area contributed by atoms with E-state index in [2.05, 4.69) is 22.3 Å². The van der Waals surface area contributed by atoms with Crippen molar-refractivity contribution in [2.75, 3.05) is 13.1 Å². The fourth-order valence-electron chi connectivity index (χ4n) is 3.89. The molecular formula is C23H26N4O2. The molecule has 0 unspecified atom stereocenters. The third-order valence-electron chi connectivity index (χ3n) is 5.69. The molecule has 1 aliphatic heterocycles. The van der Waals surface area contributed by atoms with Gasteiger partial charge in [0.15, 0.2) is 0 Å². The summed E-state index contributed by atoms with van der Waals surface area (Å²) in [6.45, 7) is 5.91. The fourth-order valence-corrected chi connectivity index (χ4v) is 3.89. The van der Waals surface area contributed by atoms with Gasteiger partial charge < -0.3 is 4.90 Å². The third-order valence-corrected chi connectivity index (χ3v) is 5.69. The van der Waals surface area contributed by atoms with Gasteiger partial charge in [-0.3, -0.25) is 9.36 Å². The van der Waals surface area contributed by atoms with Crippen molar-refractivity contribution in [2.24, 2.45) is 0 Å². The summed E-state index contributed by atoms with van der Waals surface area (Å²) in [5, 5.41) is 6.92. The average Bonchev–Trinajstić information content (AvgIpc) is 3.10. The molecule has 1 amide bonds. The minimum absolute atomic E-state index is 0.0718. The van der Waals surface area contributed by atoms with E-state index >= 15 is 0 Å². The molecule has 4 rings (SSSR count). The first-order valence-electron chi connectivity index (χ1n) is 10.1. The van der Waals surface area contributed by atoms with Gasteiger partial charge in [-0.25, -0.2) is 9.89 Å². The highest BCUT2D eigenvalue weighted by atomic mass is 16.2. The maximum atomic E-state index is 12.7. The van der Waals surface area contributed by atoms with Crippen molar-refractivity contribution in [3.8, 4) is 0 Å². The first-order valence-corrected chi connectivity index (χ1v) is 10.1. The number of hydrogen-bond acceptors (Lipinski definition) is 3. The Morgan fingerprint density at radius 2 is 1.59 bits per heavy atom. The van der Waals surface area contributed by atoms with Gasteiger partial charge in [0.1, 0.15) is 5.82 Å². The number of nitrogens with zero attached hydrogens (tertiary/aromatic N) is 3. The Kier molecular flexibility index (Phi) is 5.34. The number of carbonyl (C=O) groups is 1. The van der Waals surface area contributed by atoms with Gasteiger partial charge >= 0.3 is 5.69 Å². The summed E-state index contributed by atoms with van der Waals surface area (Å²) >= 11 is 0. The maximum absolute atomic E-state index is 12.7. The van der Waals surface area contributed by atoms with Crippen LogP contribution < -0.4 is 5.69 Å². The monoisotopic (exact) mass is 390 g/mol. The van der Waals surface area contributed by atoms with E-state index in [-0.39, 0.29) is 17.5 Å². The molecule has 0 aliphatic carbocycles. The zero-order valence-electron chi connectivity index (χ0n) is 16.9. The number of nitrogens with one attached hydrogen (secondary N) is 1. The van der Waals surface area contributed by atoms with Gasteiger partial charge in [0.2, 0.25) is 0 Å². The fraction of sp³-hybridized carbons (Fsp3) is 0.348. The Morgan fingerprint density at radius 3 is 2.21 bits per heavy atom. The number of aromatic amines is 1. The molecular weight excluding hydrogens is 364 g/mol. The molecule has 0 saturated carbocycles. The molecule has 0 spiro atoms. The quantitative estimate of drug-likeness (QED) is 0.743. The van der Waals surface area contributed by atoms with Crippen LogP contribution in [0.25, 0.3) is 0 Å². The minimum Gasteiger partial charge on any atom is -0.339 e. The molecule has 1 saturated heterocycles. The smallest absolute Gasteiger partial charge is 0.339 e. The molecule has 2 heterocycles. The molecule has 2 aromatic carbocycles. The number of H-pyrrole nitrogens is 1. The molecule has 0 radical (unpaired) electrons. The van der Waals surface area contributed by atoms with Gasteiger partial charge in [-0.2, -0.15) is 5.10 Å². The highest BCUT2D eigenvalue weighted by Crippen LogP contribution is 2.27. The zero-order valence-corrected chi connectivity index (χ0v) is 16.9. The number of amides is 1. The molecule has 0 bridgehead atoms. The molecule has 1 aliphatic rings. The molecule has 1 aromatic heterocycles. The van der Waals surface area contributed by atoms with Crippen LogP contribution >= 0.6 is 0 Å². The second-order valence-electron chi connectivity index (χ2n) is 7.89. The number of likely N-dealkylation sites (tertiary alicyclic amines) is 1. The summed E-state index contributed by atoms with van der Waals surface area (Å²) in [4.78, 5) is 27.0. The van der Waals surface area contributed by atoms with E-state index in [9.17, 15) is 9.59 Å². The van der Waals surface area contributed by atoms with E-state index in [0.29, 0.717) is 19.6 Å². The second kappa shape index (κ2) is 8.07. The van der Waals surface area contributed by atoms with Gasteiger partial charge in [-0.1, -0.05) is 47.5 Å². The lowest BCUT2D eigenvalue weighted by molar-refractivity contribution is 0.0710. The third kappa shape index (κ3) is 4.16. The Balaban J connectivity index is 1.45. The van der Waals surface area contributed by atoms with Gasteiger partial charge in [-0.05, 0) is 44.4 Å². The summed E-state index contributed by atoms with van der Waals surface area (Å²) in [7, 11) is 0. The van der Waals surface area contributed by atoms with Gasteiger partial charge in [-0.15, -0.1) is 0 Å². The van der Waals surface area contributed by atoms with Crippen LogP contribution in [0.3, 0.4) is 0 Å². The molecule has 29 heavy (non-hydrogen) atoms. The number of piperidine rings is 1. The van der Waals surface area contributed by atoms with Gasteiger partial charge in [0, 0.05) is 24.6 Å². The van der Waals surface area contributed by atoms with Gasteiger partial charge in [0.05, 0.1) is 6.54 Å². The Hall–Kier alpha value is -3.15.